The third-order valence-corrected chi connectivity index (χ3v) is 4.12. The van der Waals surface area contributed by atoms with E-state index >= 15 is 0 Å². The summed E-state index contributed by atoms with van der Waals surface area (Å²) in [6.45, 7) is 0. The van der Waals surface area contributed by atoms with Crippen LogP contribution in [0.5, 0.6) is 0 Å². The fourth-order valence-electron chi connectivity index (χ4n) is 2.35. The van der Waals surface area contributed by atoms with E-state index in [-0.39, 0.29) is 5.38 Å². The lowest BCUT2D eigenvalue weighted by molar-refractivity contribution is 0.922. The maximum Gasteiger partial charge on any atom is 0.0625 e. The highest BCUT2D eigenvalue weighted by atomic mass is 35.5. The molecule has 0 aliphatic rings. The van der Waals surface area contributed by atoms with Crippen LogP contribution in [0.25, 0.3) is 10.8 Å². The fourth-order valence-corrected chi connectivity index (χ4v) is 2.79. The van der Waals surface area contributed by atoms with Gasteiger partial charge in [0.25, 0.3) is 0 Å². The van der Waals surface area contributed by atoms with E-state index in [2.05, 4.69) is 36.4 Å². The van der Waals surface area contributed by atoms with Gasteiger partial charge in [0.1, 0.15) is 0 Å². The van der Waals surface area contributed by atoms with Gasteiger partial charge in [-0.15, -0.1) is 11.6 Å². The molecule has 3 aromatic rings. The number of rotatable bonds is 3. The zero-order valence-corrected chi connectivity index (χ0v) is 12.4. The summed E-state index contributed by atoms with van der Waals surface area (Å²) in [5.74, 6) is 0. The monoisotopic (exact) mass is 300 g/mol. The Balaban J connectivity index is 1.84. The van der Waals surface area contributed by atoms with E-state index < -0.39 is 0 Å². The van der Waals surface area contributed by atoms with Crippen LogP contribution >= 0.6 is 23.2 Å². The average molecular weight is 301 g/mol. The number of hydrogen-bond donors (Lipinski definition) is 0. The lowest BCUT2D eigenvalue weighted by atomic mass is 10.0. The van der Waals surface area contributed by atoms with E-state index in [1.807, 2.05) is 30.3 Å². The molecule has 2 heteroatoms. The Kier molecular flexibility index (Phi) is 3.95. The summed E-state index contributed by atoms with van der Waals surface area (Å²) in [6, 6.07) is 22.6. The van der Waals surface area contributed by atoms with E-state index in [1.165, 1.54) is 16.3 Å². The average Bonchev–Trinajstić information content (AvgIpc) is 2.49. The third-order valence-electron chi connectivity index (χ3n) is 3.46. The number of alkyl halides is 1. The van der Waals surface area contributed by atoms with Crippen LogP contribution in [0.15, 0.2) is 66.7 Å². The predicted octanol–water partition coefficient (Wildman–Crippen LogP) is 6.02. The molecule has 20 heavy (non-hydrogen) atoms. The van der Waals surface area contributed by atoms with Gasteiger partial charge in [0, 0.05) is 5.02 Å². The number of benzene rings is 3. The van der Waals surface area contributed by atoms with Gasteiger partial charge in [-0.1, -0.05) is 60.1 Å². The van der Waals surface area contributed by atoms with Crippen molar-refractivity contribution in [3.05, 3.63) is 82.9 Å². The van der Waals surface area contributed by atoms with Gasteiger partial charge in [-0.3, -0.25) is 0 Å². The van der Waals surface area contributed by atoms with Crippen LogP contribution in [0.2, 0.25) is 5.02 Å². The molecule has 0 nitrogen and oxygen atoms in total. The fraction of sp³-hybridized carbons (Fsp3) is 0.111. The van der Waals surface area contributed by atoms with E-state index in [9.17, 15) is 0 Å². The smallest absolute Gasteiger partial charge is 0.0625 e. The molecule has 0 saturated heterocycles. The summed E-state index contributed by atoms with van der Waals surface area (Å²) in [6.07, 6.45) is 0.803. The summed E-state index contributed by atoms with van der Waals surface area (Å²) >= 11 is 12.4. The van der Waals surface area contributed by atoms with Crippen molar-refractivity contribution in [3.63, 3.8) is 0 Å². The standard InChI is InChI=1S/C18H14Cl2/c19-17-9-5-13(6-10-17)11-18(20)16-8-7-14-3-1-2-4-15(14)12-16/h1-10,12,18H,11H2. The third kappa shape index (κ3) is 2.98. The minimum atomic E-state index is -0.0271. The zero-order valence-electron chi connectivity index (χ0n) is 10.9. The molecule has 0 N–H and O–H groups in total. The molecule has 0 aliphatic carbocycles. The van der Waals surface area contributed by atoms with Crippen LogP contribution in [0.1, 0.15) is 16.5 Å². The Hall–Kier alpha value is -1.50. The van der Waals surface area contributed by atoms with Gasteiger partial charge in [0.2, 0.25) is 0 Å². The van der Waals surface area contributed by atoms with Crippen molar-refractivity contribution in [1.29, 1.82) is 0 Å². The SMILES string of the molecule is Clc1ccc(CC(Cl)c2ccc3ccccc3c2)cc1. The molecular weight excluding hydrogens is 287 g/mol. The Morgan fingerprint density at radius 1 is 0.800 bits per heavy atom. The Bertz CT molecular complexity index is 717. The summed E-state index contributed by atoms with van der Waals surface area (Å²) in [5, 5.41) is 3.20. The topological polar surface area (TPSA) is 0 Å². The summed E-state index contributed by atoms with van der Waals surface area (Å²) in [7, 11) is 0. The lowest BCUT2D eigenvalue weighted by Crippen LogP contribution is -1.95. The van der Waals surface area contributed by atoms with E-state index in [0.717, 1.165) is 17.0 Å². The summed E-state index contributed by atoms with van der Waals surface area (Å²) in [5.41, 5.74) is 2.35. The second kappa shape index (κ2) is 5.87. The van der Waals surface area contributed by atoms with Gasteiger partial charge in [-0.25, -0.2) is 0 Å². The van der Waals surface area contributed by atoms with E-state index in [1.54, 1.807) is 0 Å². The highest BCUT2D eigenvalue weighted by Crippen LogP contribution is 2.28. The molecular formula is C18H14Cl2. The first kappa shape index (κ1) is 13.5. The van der Waals surface area contributed by atoms with E-state index in [0.29, 0.717) is 0 Å². The van der Waals surface area contributed by atoms with Crippen molar-refractivity contribution >= 4 is 34.0 Å². The molecule has 0 bridgehead atoms. The van der Waals surface area contributed by atoms with Crippen molar-refractivity contribution < 1.29 is 0 Å². The van der Waals surface area contributed by atoms with Crippen molar-refractivity contribution in [2.75, 3.05) is 0 Å². The van der Waals surface area contributed by atoms with Crippen molar-refractivity contribution in [2.24, 2.45) is 0 Å². The van der Waals surface area contributed by atoms with Crippen molar-refractivity contribution in [2.45, 2.75) is 11.8 Å². The minimum Gasteiger partial charge on any atom is -0.117 e. The number of halogens is 2. The molecule has 0 fully saturated rings. The normalized spacial score (nSPS) is 12.5. The zero-order chi connectivity index (χ0) is 13.9. The molecule has 0 amide bonds. The predicted molar refractivity (Wildman–Crippen MR) is 87.7 cm³/mol. The molecule has 3 aromatic carbocycles. The largest absolute Gasteiger partial charge is 0.117 e. The van der Waals surface area contributed by atoms with Gasteiger partial charge in [0.05, 0.1) is 5.38 Å². The van der Waals surface area contributed by atoms with Crippen LogP contribution in [-0.4, -0.2) is 0 Å². The van der Waals surface area contributed by atoms with Gasteiger partial charge in [-0.2, -0.15) is 0 Å². The second-order valence-electron chi connectivity index (χ2n) is 4.90. The second-order valence-corrected chi connectivity index (χ2v) is 5.87. The van der Waals surface area contributed by atoms with Gasteiger partial charge >= 0.3 is 0 Å². The van der Waals surface area contributed by atoms with Crippen LogP contribution < -0.4 is 0 Å². The number of hydrogen-bond acceptors (Lipinski definition) is 0. The van der Waals surface area contributed by atoms with E-state index in [4.69, 9.17) is 23.2 Å². The molecule has 0 spiro atoms. The molecule has 100 valence electrons. The summed E-state index contributed by atoms with van der Waals surface area (Å²) < 4.78 is 0. The Morgan fingerprint density at radius 2 is 1.50 bits per heavy atom. The molecule has 0 aromatic heterocycles. The van der Waals surface area contributed by atoms with Crippen molar-refractivity contribution in [3.8, 4) is 0 Å². The highest BCUT2D eigenvalue weighted by molar-refractivity contribution is 6.30. The lowest BCUT2D eigenvalue weighted by Gasteiger charge is -2.11. The van der Waals surface area contributed by atoms with Crippen LogP contribution in [-0.2, 0) is 6.42 Å². The number of fused-ring (bicyclic) bond motifs is 1. The first-order chi connectivity index (χ1) is 9.72. The Morgan fingerprint density at radius 3 is 2.25 bits per heavy atom. The van der Waals surface area contributed by atoms with Crippen LogP contribution in [0.4, 0.5) is 0 Å². The maximum atomic E-state index is 6.55. The summed E-state index contributed by atoms with van der Waals surface area (Å²) in [4.78, 5) is 0. The first-order valence-corrected chi connectivity index (χ1v) is 7.41. The molecule has 1 atom stereocenters. The van der Waals surface area contributed by atoms with Gasteiger partial charge in [0.15, 0.2) is 0 Å². The molecule has 1 unspecified atom stereocenters. The van der Waals surface area contributed by atoms with Gasteiger partial charge < -0.3 is 0 Å². The molecule has 0 saturated carbocycles. The quantitative estimate of drug-likeness (QED) is 0.519. The van der Waals surface area contributed by atoms with Crippen molar-refractivity contribution in [1.82, 2.24) is 0 Å². The molecule has 0 heterocycles. The van der Waals surface area contributed by atoms with Gasteiger partial charge in [-0.05, 0) is 46.5 Å². The molecule has 0 aliphatic heterocycles. The minimum absolute atomic E-state index is 0.0271. The van der Waals surface area contributed by atoms with Crippen LogP contribution in [0.3, 0.4) is 0 Å². The first-order valence-electron chi connectivity index (χ1n) is 6.59. The molecule has 3 rings (SSSR count). The maximum absolute atomic E-state index is 6.55. The molecule has 0 radical (unpaired) electrons. The highest BCUT2D eigenvalue weighted by Gasteiger charge is 2.09. The Labute approximate surface area is 129 Å². The van der Waals surface area contributed by atoms with Crippen LogP contribution in [0, 0.1) is 0 Å².